The van der Waals surface area contributed by atoms with Gasteiger partial charge in [-0.3, -0.25) is 0 Å². The van der Waals surface area contributed by atoms with Crippen LogP contribution >= 0.6 is 0 Å². The number of hydrogen-bond acceptors (Lipinski definition) is 1. The van der Waals surface area contributed by atoms with Crippen LogP contribution in [-0.4, -0.2) is 6.04 Å². The summed E-state index contributed by atoms with van der Waals surface area (Å²) in [5.41, 5.74) is 5.17. The molecule has 1 heteroatoms. The summed E-state index contributed by atoms with van der Waals surface area (Å²) in [6, 6.07) is 32.4. The fourth-order valence-electron chi connectivity index (χ4n) is 3.31. The Morgan fingerprint density at radius 1 is 0.778 bits per heavy atom. The van der Waals surface area contributed by atoms with Gasteiger partial charge in [-0.2, -0.15) is 0 Å². The van der Waals surface area contributed by atoms with Crippen LogP contribution in [-0.2, 0) is 6.54 Å². The van der Waals surface area contributed by atoms with Gasteiger partial charge in [0.25, 0.3) is 0 Å². The Morgan fingerprint density at radius 3 is 1.81 bits per heavy atom. The normalized spacial score (nSPS) is 11.7. The van der Waals surface area contributed by atoms with Crippen LogP contribution in [0, 0.1) is 0 Å². The van der Waals surface area contributed by atoms with Crippen LogP contribution in [0.3, 0.4) is 0 Å². The molecule has 0 spiro atoms. The lowest BCUT2D eigenvalue weighted by Crippen LogP contribution is -2.27. The van der Waals surface area contributed by atoms with Crippen LogP contribution in [0.4, 0.5) is 0 Å². The van der Waals surface area contributed by atoms with Gasteiger partial charge in [-0.25, -0.2) is 0 Å². The van der Waals surface area contributed by atoms with E-state index in [4.69, 9.17) is 0 Å². The van der Waals surface area contributed by atoms with Gasteiger partial charge in [-0.05, 0) is 28.7 Å². The topological polar surface area (TPSA) is 12.0 Å². The van der Waals surface area contributed by atoms with Crippen LogP contribution in [0.5, 0.6) is 0 Å². The minimum atomic E-state index is 0.348. The Labute approximate surface area is 163 Å². The first-order valence-electron chi connectivity index (χ1n) is 9.97. The Hall–Kier alpha value is -2.64. The van der Waals surface area contributed by atoms with Gasteiger partial charge in [0.15, 0.2) is 0 Å². The molecule has 1 nitrogen and oxygen atoms in total. The lowest BCUT2D eigenvalue weighted by atomic mass is 9.94. The summed E-state index contributed by atoms with van der Waals surface area (Å²) in [5.74, 6) is 0. The quantitative estimate of drug-likeness (QED) is 0.464. The van der Waals surface area contributed by atoms with E-state index in [1.807, 2.05) is 0 Å². The average Bonchev–Trinajstić information content (AvgIpc) is 2.75. The average molecular weight is 356 g/mol. The summed E-state index contributed by atoms with van der Waals surface area (Å²) in [6.45, 7) is 3.15. The molecule has 0 aliphatic heterocycles. The zero-order valence-electron chi connectivity index (χ0n) is 16.1. The summed E-state index contributed by atoms with van der Waals surface area (Å²) in [7, 11) is 0. The van der Waals surface area contributed by atoms with E-state index in [1.165, 1.54) is 35.1 Å². The number of benzene rings is 3. The fraction of sp³-hybridized carbons (Fsp3) is 0.231. The van der Waals surface area contributed by atoms with Crippen LogP contribution in [0.1, 0.15) is 42.9 Å². The second-order valence-electron chi connectivity index (χ2n) is 6.93. The Balaban J connectivity index is 1.87. The molecule has 0 aromatic heterocycles. The van der Waals surface area contributed by atoms with Crippen LogP contribution in [0.2, 0.25) is 0 Å². The Bertz CT molecular complexity index is 765. The van der Waals surface area contributed by atoms with E-state index in [0.717, 1.165) is 13.0 Å². The third kappa shape index (κ3) is 5.94. The molecule has 0 unspecified atom stereocenters. The first kappa shape index (κ1) is 19.1. The number of nitrogens with one attached hydrogen (secondary N) is 1. The van der Waals surface area contributed by atoms with Crippen LogP contribution < -0.4 is 5.32 Å². The fourth-order valence-corrected chi connectivity index (χ4v) is 3.31. The maximum absolute atomic E-state index is 3.76. The zero-order chi connectivity index (χ0) is 18.7. The zero-order valence-corrected chi connectivity index (χ0v) is 16.1. The highest BCUT2D eigenvalue weighted by Gasteiger charge is 2.10. The molecule has 3 rings (SSSR count). The van der Waals surface area contributed by atoms with Crippen molar-refractivity contribution >= 4 is 5.57 Å². The SMILES string of the molecule is CCCC[C@@H](C=C(c1ccccc1)c1ccccc1)NCc1ccccc1. The van der Waals surface area contributed by atoms with E-state index in [-0.39, 0.29) is 0 Å². The molecular weight excluding hydrogens is 326 g/mol. The molecule has 0 saturated carbocycles. The van der Waals surface area contributed by atoms with Crippen molar-refractivity contribution in [2.24, 2.45) is 0 Å². The van der Waals surface area contributed by atoms with Gasteiger partial charge in [0.1, 0.15) is 0 Å². The Morgan fingerprint density at radius 2 is 1.30 bits per heavy atom. The minimum absolute atomic E-state index is 0.348. The van der Waals surface area contributed by atoms with E-state index in [2.05, 4.69) is 109 Å². The highest BCUT2D eigenvalue weighted by molar-refractivity contribution is 5.80. The molecule has 3 aromatic carbocycles. The van der Waals surface area contributed by atoms with Crippen molar-refractivity contribution in [2.75, 3.05) is 0 Å². The van der Waals surface area contributed by atoms with Gasteiger partial charge in [0.05, 0.1) is 0 Å². The van der Waals surface area contributed by atoms with Crippen molar-refractivity contribution in [1.29, 1.82) is 0 Å². The van der Waals surface area contributed by atoms with Crippen molar-refractivity contribution in [2.45, 2.75) is 38.8 Å². The molecule has 1 atom stereocenters. The van der Waals surface area contributed by atoms with E-state index in [0.29, 0.717) is 6.04 Å². The maximum atomic E-state index is 3.76. The predicted octanol–water partition coefficient (Wildman–Crippen LogP) is 6.47. The molecule has 1 N–H and O–H groups in total. The Kier molecular flexibility index (Phi) is 7.44. The van der Waals surface area contributed by atoms with Gasteiger partial charge in [0, 0.05) is 12.6 Å². The lowest BCUT2D eigenvalue weighted by molar-refractivity contribution is 0.533. The molecule has 0 fully saturated rings. The van der Waals surface area contributed by atoms with Crippen molar-refractivity contribution < 1.29 is 0 Å². The number of rotatable bonds is 9. The van der Waals surface area contributed by atoms with Gasteiger partial charge in [-0.1, -0.05) is 117 Å². The van der Waals surface area contributed by atoms with E-state index >= 15 is 0 Å². The largest absolute Gasteiger partial charge is 0.306 e. The molecule has 0 bridgehead atoms. The molecule has 0 heterocycles. The van der Waals surface area contributed by atoms with E-state index in [9.17, 15) is 0 Å². The molecule has 0 aliphatic carbocycles. The van der Waals surface area contributed by atoms with Crippen LogP contribution in [0.25, 0.3) is 5.57 Å². The van der Waals surface area contributed by atoms with Gasteiger partial charge in [-0.15, -0.1) is 0 Å². The van der Waals surface area contributed by atoms with Crippen molar-refractivity contribution in [1.82, 2.24) is 5.32 Å². The number of hydrogen-bond donors (Lipinski definition) is 1. The highest BCUT2D eigenvalue weighted by Crippen LogP contribution is 2.24. The highest BCUT2D eigenvalue weighted by atomic mass is 14.9. The van der Waals surface area contributed by atoms with Crippen LogP contribution in [0.15, 0.2) is 97.1 Å². The van der Waals surface area contributed by atoms with E-state index < -0.39 is 0 Å². The van der Waals surface area contributed by atoms with Crippen molar-refractivity contribution in [3.63, 3.8) is 0 Å². The molecule has 3 aromatic rings. The predicted molar refractivity (Wildman–Crippen MR) is 117 cm³/mol. The maximum Gasteiger partial charge on any atom is 0.0262 e. The molecule has 0 radical (unpaired) electrons. The summed E-state index contributed by atoms with van der Waals surface area (Å²) in [6.07, 6.45) is 6.00. The molecule has 0 saturated heterocycles. The first-order chi connectivity index (χ1) is 13.4. The number of unbranched alkanes of at least 4 members (excludes halogenated alkanes) is 1. The molecular formula is C26H29N. The summed E-state index contributed by atoms with van der Waals surface area (Å²) >= 11 is 0. The summed E-state index contributed by atoms with van der Waals surface area (Å²) < 4.78 is 0. The summed E-state index contributed by atoms with van der Waals surface area (Å²) in [5, 5.41) is 3.76. The third-order valence-corrected chi connectivity index (χ3v) is 4.82. The lowest BCUT2D eigenvalue weighted by Gasteiger charge is -2.18. The smallest absolute Gasteiger partial charge is 0.0262 e. The molecule has 0 amide bonds. The molecule has 0 aliphatic rings. The van der Waals surface area contributed by atoms with Gasteiger partial charge >= 0.3 is 0 Å². The van der Waals surface area contributed by atoms with Crippen molar-refractivity contribution in [3.05, 3.63) is 114 Å². The third-order valence-electron chi connectivity index (χ3n) is 4.82. The minimum Gasteiger partial charge on any atom is -0.306 e. The first-order valence-corrected chi connectivity index (χ1v) is 9.97. The molecule has 138 valence electrons. The van der Waals surface area contributed by atoms with Crippen molar-refractivity contribution in [3.8, 4) is 0 Å². The van der Waals surface area contributed by atoms with Gasteiger partial charge < -0.3 is 5.32 Å². The molecule has 27 heavy (non-hydrogen) atoms. The monoisotopic (exact) mass is 355 g/mol. The van der Waals surface area contributed by atoms with E-state index in [1.54, 1.807) is 0 Å². The second kappa shape index (κ2) is 10.5. The second-order valence-corrected chi connectivity index (χ2v) is 6.93. The summed E-state index contributed by atoms with van der Waals surface area (Å²) in [4.78, 5) is 0. The van der Waals surface area contributed by atoms with Gasteiger partial charge in [0.2, 0.25) is 0 Å². The standard InChI is InChI=1S/C26H29N/c1-2-3-19-25(27-21-22-13-7-4-8-14-22)20-26(23-15-9-5-10-16-23)24-17-11-6-12-18-24/h4-18,20,25,27H,2-3,19,21H2,1H3/t25-/m0/s1.